The molecule has 0 bridgehead atoms. The molecule has 6 nitrogen and oxygen atoms in total. The molecule has 0 spiro atoms. The highest BCUT2D eigenvalue weighted by molar-refractivity contribution is 7.99. The summed E-state index contributed by atoms with van der Waals surface area (Å²) in [6, 6.07) is 24.7. The molecule has 0 aliphatic carbocycles. The van der Waals surface area contributed by atoms with Gasteiger partial charge in [0, 0.05) is 7.05 Å². The molecule has 0 saturated heterocycles. The van der Waals surface area contributed by atoms with Crippen LogP contribution in [-0.2, 0) is 11.3 Å². The number of para-hydroxylation sites is 1. The van der Waals surface area contributed by atoms with Crippen molar-refractivity contribution in [1.29, 1.82) is 0 Å². The average molecular weight is 474 g/mol. The number of aromatic nitrogens is 2. The van der Waals surface area contributed by atoms with E-state index in [1.54, 1.807) is 29.7 Å². The molecule has 7 heteroatoms. The number of carbonyl (C=O) groups is 1. The molecule has 0 aliphatic rings. The maximum Gasteiger partial charge on any atom is 0.262 e. The average Bonchev–Trinajstić information content (AvgIpc) is 2.89. The fourth-order valence-corrected chi connectivity index (χ4v) is 4.63. The minimum absolute atomic E-state index is 0.0280. The predicted octanol–water partition coefficient (Wildman–Crippen LogP) is 4.77. The van der Waals surface area contributed by atoms with Crippen molar-refractivity contribution in [3.05, 3.63) is 100 Å². The van der Waals surface area contributed by atoms with Gasteiger partial charge in [-0.2, -0.15) is 0 Å². The van der Waals surface area contributed by atoms with Crippen LogP contribution in [0.5, 0.6) is 5.75 Å². The molecule has 0 N–H and O–H groups in total. The Kier molecular flexibility index (Phi) is 7.33. The maximum absolute atomic E-state index is 13.3. The van der Waals surface area contributed by atoms with Crippen molar-refractivity contribution in [3.8, 4) is 5.75 Å². The lowest BCUT2D eigenvalue weighted by atomic mass is 10.1. The Bertz CT molecular complexity index is 1340. The summed E-state index contributed by atoms with van der Waals surface area (Å²) in [5.74, 6) is 0.907. The van der Waals surface area contributed by atoms with E-state index in [0.29, 0.717) is 22.6 Å². The summed E-state index contributed by atoms with van der Waals surface area (Å²) in [4.78, 5) is 32.8. The third-order valence-electron chi connectivity index (χ3n) is 5.91. The summed E-state index contributed by atoms with van der Waals surface area (Å²) in [6.07, 6.45) is 0. The first-order chi connectivity index (χ1) is 16.5. The van der Waals surface area contributed by atoms with Gasteiger partial charge in [0.15, 0.2) is 5.16 Å². The Morgan fingerprint density at radius 1 is 1.03 bits per heavy atom. The smallest absolute Gasteiger partial charge is 0.262 e. The van der Waals surface area contributed by atoms with Gasteiger partial charge >= 0.3 is 0 Å². The van der Waals surface area contributed by atoms with E-state index in [1.807, 2.05) is 79.7 Å². The van der Waals surface area contributed by atoms with Gasteiger partial charge < -0.3 is 9.64 Å². The Morgan fingerprint density at radius 2 is 1.71 bits per heavy atom. The molecular weight excluding hydrogens is 446 g/mol. The summed E-state index contributed by atoms with van der Waals surface area (Å²) in [7, 11) is 3.42. The molecule has 0 fully saturated rings. The first kappa shape index (κ1) is 23.6. The third kappa shape index (κ3) is 5.15. The van der Waals surface area contributed by atoms with Crippen molar-refractivity contribution in [1.82, 2.24) is 14.5 Å². The molecule has 4 aromatic rings. The zero-order chi connectivity index (χ0) is 24.1. The number of nitrogens with zero attached hydrogens (tertiary/aromatic N) is 3. The van der Waals surface area contributed by atoms with E-state index >= 15 is 0 Å². The molecule has 1 atom stereocenters. The van der Waals surface area contributed by atoms with Crippen LogP contribution in [0.15, 0.2) is 88.8 Å². The van der Waals surface area contributed by atoms with Crippen LogP contribution in [0.4, 0.5) is 0 Å². The zero-order valence-electron chi connectivity index (χ0n) is 19.5. The molecule has 1 amide bonds. The molecule has 1 aromatic heterocycles. The molecule has 34 heavy (non-hydrogen) atoms. The number of ether oxygens (including phenoxy) is 1. The molecule has 1 unspecified atom stereocenters. The monoisotopic (exact) mass is 473 g/mol. The van der Waals surface area contributed by atoms with E-state index in [4.69, 9.17) is 9.72 Å². The second-order valence-electron chi connectivity index (χ2n) is 8.03. The largest absolute Gasteiger partial charge is 0.497 e. The standard InChI is InChI=1S/C27H27N3O3S/c1-19(21-9-5-4-6-10-21)29(2)25(31)18-34-27-28-24-12-8-7-11-23(24)26(32)30(27)17-20-13-15-22(33-3)16-14-20/h4-16,19H,17-18H2,1-3H3. The lowest BCUT2D eigenvalue weighted by Crippen LogP contribution is -2.31. The van der Waals surface area contributed by atoms with Crippen LogP contribution in [-0.4, -0.2) is 40.3 Å². The van der Waals surface area contributed by atoms with Crippen molar-refractivity contribution in [2.75, 3.05) is 19.9 Å². The van der Waals surface area contributed by atoms with Crippen LogP contribution >= 0.6 is 11.8 Å². The number of rotatable bonds is 8. The van der Waals surface area contributed by atoms with Gasteiger partial charge in [0.1, 0.15) is 5.75 Å². The number of fused-ring (bicyclic) bond motifs is 1. The van der Waals surface area contributed by atoms with Crippen molar-refractivity contribution in [2.45, 2.75) is 24.7 Å². The molecule has 0 saturated carbocycles. The SMILES string of the molecule is COc1ccc(Cn2c(SCC(=O)N(C)C(C)c3ccccc3)nc3ccccc3c2=O)cc1. The van der Waals surface area contributed by atoms with Gasteiger partial charge in [-0.1, -0.05) is 66.4 Å². The molecule has 1 heterocycles. The van der Waals surface area contributed by atoms with Gasteiger partial charge in [-0.05, 0) is 42.3 Å². The fraction of sp³-hybridized carbons (Fsp3) is 0.222. The van der Waals surface area contributed by atoms with E-state index in [9.17, 15) is 9.59 Å². The first-order valence-electron chi connectivity index (χ1n) is 11.0. The summed E-state index contributed by atoms with van der Waals surface area (Å²) in [5.41, 5.74) is 2.52. The van der Waals surface area contributed by atoms with Crippen LogP contribution in [0.2, 0.25) is 0 Å². The summed E-state index contributed by atoms with van der Waals surface area (Å²) in [5, 5.41) is 1.08. The van der Waals surface area contributed by atoms with Crippen LogP contribution < -0.4 is 10.3 Å². The summed E-state index contributed by atoms with van der Waals surface area (Å²) in [6.45, 7) is 2.36. The Balaban J connectivity index is 1.59. The lowest BCUT2D eigenvalue weighted by molar-refractivity contribution is -0.128. The van der Waals surface area contributed by atoms with E-state index in [-0.39, 0.29) is 23.3 Å². The van der Waals surface area contributed by atoms with E-state index < -0.39 is 0 Å². The highest BCUT2D eigenvalue weighted by Gasteiger charge is 2.19. The van der Waals surface area contributed by atoms with E-state index in [1.165, 1.54) is 11.8 Å². The van der Waals surface area contributed by atoms with Crippen molar-refractivity contribution in [2.24, 2.45) is 0 Å². The normalized spacial score (nSPS) is 11.9. The van der Waals surface area contributed by atoms with Gasteiger partial charge in [-0.25, -0.2) is 4.98 Å². The summed E-state index contributed by atoms with van der Waals surface area (Å²) >= 11 is 1.29. The molecular formula is C27H27N3O3S. The number of methoxy groups -OCH3 is 1. The maximum atomic E-state index is 13.3. The molecule has 0 aliphatic heterocycles. The second kappa shape index (κ2) is 10.6. The Hall–Kier alpha value is -3.58. The van der Waals surface area contributed by atoms with Crippen LogP contribution in [0, 0.1) is 0 Å². The van der Waals surface area contributed by atoms with E-state index in [0.717, 1.165) is 16.9 Å². The highest BCUT2D eigenvalue weighted by atomic mass is 32.2. The van der Waals surface area contributed by atoms with Crippen LogP contribution in [0.1, 0.15) is 24.1 Å². The fourth-order valence-electron chi connectivity index (χ4n) is 3.71. The van der Waals surface area contributed by atoms with Gasteiger partial charge in [-0.15, -0.1) is 0 Å². The van der Waals surface area contributed by atoms with E-state index in [2.05, 4.69) is 0 Å². The topological polar surface area (TPSA) is 64.4 Å². The number of hydrogen-bond acceptors (Lipinski definition) is 5. The number of hydrogen-bond donors (Lipinski definition) is 0. The van der Waals surface area contributed by atoms with Gasteiger partial charge in [0.25, 0.3) is 5.56 Å². The number of thioether (sulfide) groups is 1. The minimum Gasteiger partial charge on any atom is -0.497 e. The van der Waals surface area contributed by atoms with Crippen molar-refractivity contribution >= 4 is 28.6 Å². The highest BCUT2D eigenvalue weighted by Crippen LogP contribution is 2.23. The van der Waals surface area contributed by atoms with Crippen molar-refractivity contribution in [3.63, 3.8) is 0 Å². The molecule has 3 aromatic carbocycles. The molecule has 4 rings (SSSR count). The number of carbonyl (C=O) groups excluding carboxylic acids is 1. The zero-order valence-corrected chi connectivity index (χ0v) is 20.3. The van der Waals surface area contributed by atoms with Gasteiger partial charge in [0.2, 0.25) is 5.91 Å². The van der Waals surface area contributed by atoms with Crippen molar-refractivity contribution < 1.29 is 9.53 Å². The third-order valence-corrected chi connectivity index (χ3v) is 6.87. The minimum atomic E-state index is -0.123. The number of amides is 1. The predicted molar refractivity (Wildman–Crippen MR) is 136 cm³/mol. The molecule has 174 valence electrons. The first-order valence-corrected chi connectivity index (χ1v) is 12.0. The number of benzene rings is 3. The van der Waals surface area contributed by atoms with Gasteiger partial charge in [-0.3, -0.25) is 14.2 Å². The van der Waals surface area contributed by atoms with Crippen LogP contribution in [0.3, 0.4) is 0 Å². The Morgan fingerprint density at radius 3 is 2.41 bits per heavy atom. The quantitative estimate of drug-likeness (QED) is 0.273. The van der Waals surface area contributed by atoms with Crippen LogP contribution in [0.25, 0.3) is 10.9 Å². The lowest BCUT2D eigenvalue weighted by Gasteiger charge is -2.25. The molecule has 0 radical (unpaired) electrons. The Labute approximate surface area is 203 Å². The second-order valence-corrected chi connectivity index (χ2v) is 8.97. The van der Waals surface area contributed by atoms with Gasteiger partial charge in [0.05, 0.1) is 36.4 Å². The summed E-state index contributed by atoms with van der Waals surface area (Å²) < 4.78 is 6.88.